The zero-order chi connectivity index (χ0) is 25.6. The van der Waals surface area contributed by atoms with Crippen LogP contribution in [0.25, 0.3) is 10.1 Å². The van der Waals surface area contributed by atoms with Crippen molar-refractivity contribution in [2.45, 2.75) is 25.7 Å². The average molecular weight is 535 g/mol. The van der Waals surface area contributed by atoms with Crippen LogP contribution in [0.15, 0.2) is 72.1 Å². The van der Waals surface area contributed by atoms with Gasteiger partial charge in [0, 0.05) is 26.7 Å². The van der Waals surface area contributed by atoms with Gasteiger partial charge in [0.05, 0.1) is 10.9 Å². The van der Waals surface area contributed by atoms with Crippen LogP contribution in [0.2, 0.25) is 10.0 Å². The van der Waals surface area contributed by atoms with Crippen LogP contribution in [0.4, 0.5) is 0 Å². The van der Waals surface area contributed by atoms with Crippen LogP contribution in [0, 0.1) is 11.3 Å². The number of nitrogens with two attached hydrogens (primary N) is 1. The molecule has 0 saturated heterocycles. The molecule has 0 amide bonds. The van der Waals surface area contributed by atoms with Crippen molar-refractivity contribution in [3.05, 3.63) is 104 Å². The molecule has 1 aliphatic heterocycles. The molecule has 1 aromatic heterocycles. The maximum Gasteiger partial charge on any atom is 0.355 e. The second-order valence-corrected chi connectivity index (χ2v) is 10.6. The Morgan fingerprint density at radius 1 is 1.11 bits per heavy atom. The standard InChI is InChI=1S/C28H20Cl2N2O3S/c1-14(2)15-3-5-16(6-4-15)24-19-10-8-18(12-22(19)35-27(32)21(24)13-31)34-28(33)26-25(30)20-9-7-17(29)11-23(20)36-26/h3-12,14,24H,32H2,1-2H3. The summed E-state index contributed by atoms with van der Waals surface area (Å²) in [6, 6.07) is 20.6. The molecule has 3 aromatic carbocycles. The van der Waals surface area contributed by atoms with Gasteiger partial charge in [0.25, 0.3) is 0 Å². The third-order valence-corrected chi connectivity index (χ3v) is 7.99. The molecule has 0 fully saturated rings. The fraction of sp³-hybridized carbons (Fsp3) is 0.143. The average Bonchev–Trinajstić information content (AvgIpc) is 3.18. The fourth-order valence-corrected chi connectivity index (χ4v) is 5.90. The van der Waals surface area contributed by atoms with Crippen LogP contribution in [0.3, 0.4) is 0 Å². The number of benzene rings is 3. The lowest BCUT2D eigenvalue weighted by Gasteiger charge is -2.27. The predicted octanol–water partition coefficient (Wildman–Crippen LogP) is 7.77. The molecule has 0 bridgehead atoms. The van der Waals surface area contributed by atoms with Crippen molar-refractivity contribution in [2.24, 2.45) is 5.73 Å². The number of halogens is 2. The summed E-state index contributed by atoms with van der Waals surface area (Å²) in [5, 5.41) is 11.4. The highest BCUT2D eigenvalue weighted by atomic mass is 35.5. The van der Waals surface area contributed by atoms with E-state index in [9.17, 15) is 10.1 Å². The van der Waals surface area contributed by atoms with Gasteiger partial charge in [-0.1, -0.05) is 73.4 Å². The normalized spacial score (nSPS) is 14.9. The number of rotatable bonds is 4. The first-order valence-electron chi connectivity index (χ1n) is 11.2. The first-order valence-corrected chi connectivity index (χ1v) is 12.7. The Morgan fingerprint density at radius 3 is 2.56 bits per heavy atom. The molecule has 5 nitrogen and oxygen atoms in total. The van der Waals surface area contributed by atoms with Crippen LogP contribution in [-0.2, 0) is 0 Å². The lowest BCUT2D eigenvalue weighted by atomic mass is 9.83. The molecule has 5 rings (SSSR count). The summed E-state index contributed by atoms with van der Waals surface area (Å²) in [5.41, 5.74) is 9.34. The molecule has 1 atom stereocenters. The van der Waals surface area contributed by atoms with E-state index in [2.05, 4.69) is 32.0 Å². The third-order valence-electron chi connectivity index (χ3n) is 6.11. The minimum atomic E-state index is -0.588. The van der Waals surface area contributed by atoms with Gasteiger partial charge >= 0.3 is 5.97 Å². The van der Waals surface area contributed by atoms with E-state index in [0.29, 0.717) is 27.3 Å². The lowest BCUT2D eigenvalue weighted by molar-refractivity contribution is 0.0740. The first-order chi connectivity index (χ1) is 17.3. The molecule has 1 unspecified atom stereocenters. The van der Waals surface area contributed by atoms with Crippen molar-refractivity contribution in [1.82, 2.24) is 0 Å². The second-order valence-electron chi connectivity index (χ2n) is 8.72. The Hall–Kier alpha value is -3.50. The van der Waals surface area contributed by atoms with E-state index in [1.807, 2.05) is 12.1 Å². The zero-order valence-electron chi connectivity index (χ0n) is 19.3. The molecule has 8 heteroatoms. The van der Waals surface area contributed by atoms with E-state index in [1.54, 1.807) is 36.4 Å². The number of hydrogen-bond acceptors (Lipinski definition) is 6. The SMILES string of the molecule is CC(C)c1ccc(C2C(C#N)=C(N)Oc3cc(OC(=O)c4sc5cc(Cl)ccc5c4Cl)ccc32)cc1. The highest BCUT2D eigenvalue weighted by Crippen LogP contribution is 2.44. The van der Waals surface area contributed by atoms with Crippen LogP contribution in [0.5, 0.6) is 11.5 Å². The number of fused-ring (bicyclic) bond motifs is 2. The zero-order valence-corrected chi connectivity index (χ0v) is 21.7. The number of ether oxygens (including phenoxy) is 2. The summed E-state index contributed by atoms with van der Waals surface area (Å²) in [7, 11) is 0. The largest absolute Gasteiger partial charge is 0.440 e. The fourth-order valence-electron chi connectivity index (χ4n) is 4.24. The number of allylic oxidation sites excluding steroid dienone is 1. The van der Waals surface area contributed by atoms with Crippen molar-refractivity contribution in [3.63, 3.8) is 0 Å². The topological polar surface area (TPSA) is 85.3 Å². The monoisotopic (exact) mass is 534 g/mol. The summed E-state index contributed by atoms with van der Waals surface area (Å²) >= 11 is 13.7. The number of nitriles is 1. The van der Waals surface area contributed by atoms with E-state index >= 15 is 0 Å². The quantitative estimate of drug-likeness (QED) is 0.213. The van der Waals surface area contributed by atoms with Gasteiger partial charge in [-0.05, 0) is 35.2 Å². The first kappa shape index (κ1) is 24.2. The molecule has 4 aromatic rings. The molecule has 0 saturated carbocycles. The Kier molecular flexibility index (Phi) is 6.40. The van der Waals surface area contributed by atoms with Crippen LogP contribution in [0.1, 0.15) is 52.0 Å². The van der Waals surface area contributed by atoms with Gasteiger partial charge in [-0.3, -0.25) is 0 Å². The predicted molar refractivity (Wildman–Crippen MR) is 143 cm³/mol. The summed E-state index contributed by atoms with van der Waals surface area (Å²) in [6.45, 7) is 4.25. The molecule has 0 spiro atoms. The smallest absolute Gasteiger partial charge is 0.355 e. The van der Waals surface area contributed by atoms with E-state index in [-0.39, 0.29) is 16.5 Å². The third kappa shape index (κ3) is 4.31. The Labute approximate surface area is 222 Å². The Balaban J connectivity index is 1.48. The van der Waals surface area contributed by atoms with E-state index < -0.39 is 11.9 Å². The van der Waals surface area contributed by atoms with Gasteiger partial charge in [-0.2, -0.15) is 5.26 Å². The van der Waals surface area contributed by atoms with Crippen molar-refractivity contribution in [3.8, 4) is 17.6 Å². The van der Waals surface area contributed by atoms with Gasteiger partial charge in [-0.15, -0.1) is 11.3 Å². The molecular weight excluding hydrogens is 515 g/mol. The van der Waals surface area contributed by atoms with E-state index in [1.165, 1.54) is 16.9 Å². The van der Waals surface area contributed by atoms with Crippen molar-refractivity contribution in [2.75, 3.05) is 0 Å². The number of hydrogen-bond donors (Lipinski definition) is 1. The summed E-state index contributed by atoms with van der Waals surface area (Å²) in [4.78, 5) is 13.2. The van der Waals surface area contributed by atoms with Gasteiger partial charge in [0.1, 0.15) is 28.0 Å². The molecule has 2 N–H and O–H groups in total. The molecule has 0 radical (unpaired) electrons. The molecular formula is C28H20Cl2N2O3S. The van der Waals surface area contributed by atoms with Crippen molar-refractivity contribution >= 4 is 50.6 Å². The lowest BCUT2D eigenvalue weighted by Crippen LogP contribution is -2.21. The van der Waals surface area contributed by atoms with Gasteiger partial charge in [0.2, 0.25) is 5.88 Å². The number of thiophene rings is 1. The van der Waals surface area contributed by atoms with Crippen LogP contribution < -0.4 is 15.2 Å². The van der Waals surface area contributed by atoms with Crippen LogP contribution >= 0.6 is 34.5 Å². The number of esters is 1. The van der Waals surface area contributed by atoms with Crippen molar-refractivity contribution < 1.29 is 14.3 Å². The molecule has 1 aliphatic rings. The molecule has 0 aliphatic carbocycles. The number of carbonyl (C=O) groups excluding carboxylic acids is 1. The molecule has 36 heavy (non-hydrogen) atoms. The summed E-state index contributed by atoms with van der Waals surface area (Å²) < 4.78 is 12.2. The second kappa shape index (κ2) is 9.51. The summed E-state index contributed by atoms with van der Waals surface area (Å²) in [6.07, 6.45) is 0. The minimum Gasteiger partial charge on any atom is -0.440 e. The maximum absolute atomic E-state index is 12.9. The highest BCUT2D eigenvalue weighted by Gasteiger charge is 2.31. The number of carbonyl (C=O) groups is 1. The van der Waals surface area contributed by atoms with E-state index in [4.69, 9.17) is 38.4 Å². The van der Waals surface area contributed by atoms with Gasteiger partial charge in [0.15, 0.2) is 0 Å². The van der Waals surface area contributed by atoms with Gasteiger partial charge in [-0.25, -0.2) is 4.79 Å². The van der Waals surface area contributed by atoms with Gasteiger partial charge < -0.3 is 15.2 Å². The molecule has 180 valence electrons. The van der Waals surface area contributed by atoms with Crippen LogP contribution in [-0.4, -0.2) is 5.97 Å². The maximum atomic E-state index is 12.9. The summed E-state index contributed by atoms with van der Waals surface area (Å²) in [5.74, 6) is 0.120. The van der Waals surface area contributed by atoms with E-state index in [0.717, 1.165) is 21.2 Å². The molecule has 2 heterocycles. The Bertz CT molecular complexity index is 1580. The highest BCUT2D eigenvalue weighted by molar-refractivity contribution is 7.21. The number of nitrogens with zero attached hydrogens (tertiary/aromatic N) is 1. The minimum absolute atomic E-state index is 0.0239. The Morgan fingerprint density at radius 2 is 1.86 bits per heavy atom. The van der Waals surface area contributed by atoms with Crippen molar-refractivity contribution in [1.29, 1.82) is 5.26 Å².